The maximum absolute atomic E-state index is 12.6. The van der Waals surface area contributed by atoms with Crippen LogP contribution in [0.25, 0.3) is 0 Å². The second-order valence-corrected chi connectivity index (χ2v) is 6.94. The molecular formula is C21H27N3O2. The number of carbonyl (C=O) groups excluding carboxylic acids is 1. The van der Waals surface area contributed by atoms with Crippen LogP contribution in [0.2, 0.25) is 0 Å². The summed E-state index contributed by atoms with van der Waals surface area (Å²) in [6, 6.07) is 14.5. The standard InChI is InChI=1S/C21H27N3O2/c1-23(12-9-17-5-3-2-4-6-17)20-10-13-24(14-11-20)21(26)18-7-8-19(16-25)22-15-18/h2-8,15,20,25H,9-14,16H2,1H3. The number of pyridine rings is 1. The molecule has 5 heteroatoms. The summed E-state index contributed by atoms with van der Waals surface area (Å²) in [6.45, 7) is 2.49. The number of piperidine rings is 1. The van der Waals surface area contributed by atoms with Crippen molar-refractivity contribution >= 4 is 5.91 Å². The number of rotatable bonds is 6. The minimum absolute atomic E-state index is 0.0346. The van der Waals surface area contributed by atoms with Gasteiger partial charge in [0.25, 0.3) is 5.91 Å². The molecule has 0 atom stereocenters. The van der Waals surface area contributed by atoms with E-state index < -0.39 is 0 Å². The van der Waals surface area contributed by atoms with Crippen molar-refractivity contribution in [2.75, 3.05) is 26.7 Å². The summed E-state index contributed by atoms with van der Waals surface area (Å²) in [5, 5.41) is 9.05. The van der Waals surface area contributed by atoms with Gasteiger partial charge in [-0.3, -0.25) is 9.78 Å². The van der Waals surface area contributed by atoms with Crippen LogP contribution in [0.4, 0.5) is 0 Å². The van der Waals surface area contributed by atoms with E-state index >= 15 is 0 Å². The number of carbonyl (C=O) groups is 1. The van der Waals surface area contributed by atoms with E-state index in [1.165, 1.54) is 5.56 Å². The molecule has 0 radical (unpaired) electrons. The molecule has 1 N–H and O–H groups in total. The van der Waals surface area contributed by atoms with Crippen molar-refractivity contribution in [2.45, 2.75) is 31.9 Å². The van der Waals surface area contributed by atoms with Crippen LogP contribution in [0.15, 0.2) is 48.7 Å². The maximum atomic E-state index is 12.6. The van der Waals surface area contributed by atoms with Crippen molar-refractivity contribution in [2.24, 2.45) is 0 Å². The fraction of sp³-hybridized carbons (Fsp3) is 0.429. The first-order chi connectivity index (χ1) is 12.7. The highest BCUT2D eigenvalue weighted by Crippen LogP contribution is 2.18. The molecule has 1 saturated heterocycles. The molecule has 1 aliphatic rings. The minimum Gasteiger partial charge on any atom is -0.390 e. The summed E-state index contributed by atoms with van der Waals surface area (Å²) >= 11 is 0. The molecule has 3 rings (SSSR count). The Kier molecular flexibility index (Phi) is 6.36. The number of nitrogens with zero attached hydrogens (tertiary/aromatic N) is 3. The highest BCUT2D eigenvalue weighted by atomic mass is 16.3. The molecule has 1 amide bonds. The molecule has 1 aliphatic heterocycles. The molecule has 0 saturated carbocycles. The number of hydrogen-bond donors (Lipinski definition) is 1. The van der Waals surface area contributed by atoms with E-state index in [1.54, 1.807) is 18.3 Å². The van der Waals surface area contributed by atoms with Crippen LogP contribution in [0.1, 0.15) is 34.5 Å². The predicted octanol–water partition coefficient (Wildman–Crippen LogP) is 2.35. The van der Waals surface area contributed by atoms with Crippen LogP contribution >= 0.6 is 0 Å². The second-order valence-electron chi connectivity index (χ2n) is 6.94. The zero-order valence-electron chi connectivity index (χ0n) is 15.3. The second kappa shape index (κ2) is 8.92. The molecule has 0 spiro atoms. The average molecular weight is 353 g/mol. The number of likely N-dealkylation sites (tertiary alicyclic amines) is 1. The van der Waals surface area contributed by atoms with Crippen LogP contribution in [0.5, 0.6) is 0 Å². The monoisotopic (exact) mass is 353 g/mol. The molecule has 0 bridgehead atoms. The van der Waals surface area contributed by atoms with Crippen LogP contribution in [0, 0.1) is 0 Å². The molecule has 0 unspecified atom stereocenters. The van der Waals surface area contributed by atoms with E-state index in [2.05, 4.69) is 41.2 Å². The molecule has 1 aromatic heterocycles. The number of benzene rings is 1. The van der Waals surface area contributed by atoms with Crippen LogP contribution in [-0.2, 0) is 13.0 Å². The summed E-state index contributed by atoms with van der Waals surface area (Å²) in [5.41, 5.74) is 2.55. The van der Waals surface area contributed by atoms with Crippen LogP contribution < -0.4 is 0 Å². The number of aromatic nitrogens is 1. The third-order valence-electron chi connectivity index (χ3n) is 5.20. The molecule has 138 valence electrons. The predicted molar refractivity (Wildman–Crippen MR) is 102 cm³/mol. The van der Waals surface area contributed by atoms with Crippen molar-refractivity contribution < 1.29 is 9.90 Å². The van der Waals surface area contributed by atoms with Crippen molar-refractivity contribution in [3.05, 3.63) is 65.5 Å². The molecule has 0 aliphatic carbocycles. The zero-order valence-corrected chi connectivity index (χ0v) is 15.3. The topological polar surface area (TPSA) is 56.7 Å². The molecule has 26 heavy (non-hydrogen) atoms. The average Bonchev–Trinajstić information content (AvgIpc) is 2.72. The van der Waals surface area contributed by atoms with Gasteiger partial charge in [-0.15, -0.1) is 0 Å². The normalized spacial score (nSPS) is 15.4. The zero-order chi connectivity index (χ0) is 18.4. The van der Waals surface area contributed by atoms with E-state index in [9.17, 15) is 4.79 Å². The van der Waals surface area contributed by atoms with Gasteiger partial charge in [-0.25, -0.2) is 0 Å². The van der Waals surface area contributed by atoms with E-state index in [4.69, 9.17) is 5.11 Å². The van der Waals surface area contributed by atoms with Crippen molar-refractivity contribution in [3.63, 3.8) is 0 Å². The highest BCUT2D eigenvalue weighted by molar-refractivity contribution is 5.94. The number of hydrogen-bond acceptors (Lipinski definition) is 4. The number of amides is 1. The van der Waals surface area contributed by atoms with Crippen molar-refractivity contribution in [1.29, 1.82) is 0 Å². The van der Waals surface area contributed by atoms with Crippen molar-refractivity contribution in [3.8, 4) is 0 Å². The summed E-state index contributed by atoms with van der Waals surface area (Å²) in [6.07, 6.45) is 4.61. The highest BCUT2D eigenvalue weighted by Gasteiger charge is 2.25. The van der Waals surface area contributed by atoms with Crippen LogP contribution in [-0.4, -0.2) is 58.5 Å². The lowest BCUT2D eigenvalue weighted by Crippen LogP contribution is -2.46. The van der Waals surface area contributed by atoms with Gasteiger partial charge >= 0.3 is 0 Å². The summed E-state index contributed by atoms with van der Waals surface area (Å²) in [5.74, 6) is 0.0346. The Bertz CT molecular complexity index is 695. The number of likely N-dealkylation sites (N-methyl/N-ethyl adjacent to an activating group) is 1. The van der Waals surface area contributed by atoms with Crippen LogP contribution in [0.3, 0.4) is 0 Å². The molecule has 5 nitrogen and oxygen atoms in total. The van der Waals surface area contributed by atoms with Gasteiger partial charge in [0.2, 0.25) is 0 Å². The quantitative estimate of drug-likeness (QED) is 0.866. The largest absolute Gasteiger partial charge is 0.390 e. The maximum Gasteiger partial charge on any atom is 0.255 e. The first kappa shape index (κ1) is 18.5. The number of aliphatic hydroxyl groups excluding tert-OH is 1. The van der Waals surface area contributed by atoms with E-state index in [0.717, 1.165) is 38.9 Å². The smallest absolute Gasteiger partial charge is 0.255 e. The molecule has 2 heterocycles. The van der Waals surface area contributed by atoms with Gasteiger partial charge in [0.1, 0.15) is 0 Å². The minimum atomic E-state index is -0.102. The fourth-order valence-electron chi connectivity index (χ4n) is 3.47. The first-order valence-corrected chi connectivity index (χ1v) is 9.26. The summed E-state index contributed by atoms with van der Waals surface area (Å²) in [4.78, 5) is 21.0. The van der Waals surface area contributed by atoms with Gasteiger partial charge in [0, 0.05) is 31.9 Å². The Balaban J connectivity index is 1.47. The molecule has 1 aromatic carbocycles. The Hall–Kier alpha value is -2.24. The Morgan fingerprint density at radius 2 is 1.92 bits per heavy atom. The first-order valence-electron chi connectivity index (χ1n) is 9.26. The Morgan fingerprint density at radius 1 is 1.19 bits per heavy atom. The van der Waals surface area contributed by atoms with Gasteiger partial charge in [-0.1, -0.05) is 30.3 Å². The van der Waals surface area contributed by atoms with E-state index in [0.29, 0.717) is 17.3 Å². The Labute approximate surface area is 155 Å². The lowest BCUT2D eigenvalue weighted by Gasteiger charge is -2.36. The van der Waals surface area contributed by atoms with Gasteiger partial charge < -0.3 is 14.9 Å². The third-order valence-corrected chi connectivity index (χ3v) is 5.20. The van der Waals surface area contributed by atoms with Gasteiger partial charge in [-0.2, -0.15) is 0 Å². The van der Waals surface area contributed by atoms with E-state index in [-0.39, 0.29) is 12.5 Å². The number of aliphatic hydroxyl groups is 1. The summed E-state index contributed by atoms with van der Waals surface area (Å²) < 4.78 is 0. The van der Waals surface area contributed by atoms with Gasteiger partial charge in [0.15, 0.2) is 0 Å². The lowest BCUT2D eigenvalue weighted by atomic mass is 10.0. The van der Waals surface area contributed by atoms with Gasteiger partial charge in [0.05, 0.1) is 17.9 Å². The van der Waals surface area contributed by atoms with Gasteiger partial charge in [-0.05, 0) is 44.0 Å². The fourth-order valence-corrected chi connectivity index (χ4v) is 3.47. The Morgan fingerprint density at radius 3 is 2.54 bits per heavy atom. The molecule has 1 fully saturated rings. The lowest BCUT2D eigenvalue weighted by molar-refractivity contribution is 0.0646. The molecular weight excluding hydrogens is 326 g/mol. The third kappa shape index (κ3) is 4.68. The SMILES string of the molecule is CN(CCc1ccccc1)C1CCN(C(=O)c2ccc(CO)nc2)CC1. The summed E-state index contributed by atoms with van der Waals surface area (Å²) in [7, 11) is 2.18. The van der Waals surface area contributed by atoms with Crippen molar-refractivity contribution in [1.82, 2.24) is 14.8 Å². The molecule has 2 aromatic rings. The van der Waals surface area contributed by atoms with E-state index in [1.807, 2.05) is 11.0 Å².